The van der Waals surface area contributed by atoms with Crippen LogP contribution in [0.5, 0.6) is 0 Å². The van der Waals surface area contributed by atoms with Crippen LogP contribution in [0.25, 0.3) is 10.9 Å². The number of hydrogen-bond donors (Lipinski definition) is 2. The van der Waals surface area contributed by atoms with E-state index in [1.54, 1.807) is 0 Å². The summed E-state index contributed by atoms with van der Waals surface area (Å²) in [6.07, 6.45) is 0.730. The van der Waals surface area contributed by atoms with Crippen LogP contribution in [0.15, 0.2) is 48.5 Å². The molecule has 25 heavy (non-hydrogen) atoms. The molecule has 0 unspecified atom stereocenters. The summed E-state index contributed by atoms with van der Waals surface area (Å²) in [4.78, 5) is 16.8. The molecule has 2 aromatic carbocycles. The number of pyridine rings is 1. The molecule has 4 nitrogen and oxygen atoms in total. The van der Waals surface area contributed by atoms with Crippen molar-refractivity contribution in [2.75, 3.05) is 10.6 Å². The van der Waals surface area contributed by atoms with Gasteiger partial charge in [0.05, 0.1) is 5.52 Å². The summed E-state index contributed by atoms with van der Waals surface area (Å²) in [5.74, 6) is 0.905. The zero-order valence-electron chi connectivity index (χ0n) is 14.7. The Balaban J connectivity index is 1.67. The molecule has 0 spiro atoms. The lowest BCUT2D eigenvalue weighted by Crippen LogP contribution is -2.37. The Labute approximate surface area is 147 Å². The first kappa shape index (κ1) is 15.6. The second kappa shape index (κ2) is 5.59. The average molecular weight is 331 g/mol. The second-order valence-corrected chi connectivity index (χ2v) is 7.35. The molecule has 1 amide bonds. The maximum atomic E-state index is 12.1. The van der Waals surface area contributed by atoms with Crippen LogP contribution in [-0.2, 0) is 11.2 Å². The standard InChI is InChI=1S/C21H21N3O/c1-13-10-19(23-18-7-5-4-6-16(13)18)22-15-8-9-17-14(11-15)12-21(2,3)20(25)24-17/h4-11H,12H2,1-3H3,(H,22,23)(H,24,25). The van der Waals surface area contributed by atoms with Crippen LogP contribution in [-0.4, -0.2) is 10.9 Å². The molecule has 2 heterocycles. The van der Waals surface area contributed by atoms with E-state index >= 15 is 0 Å². The zero-order valence-corrected chi connectivity index (χ0v) is 14.7. The third-order valence-corrected chi connectivity index (χ3v) is 4.80. The number of fused-ring (bicyclic) bond motifs is 2. The van der Waals surface area contributed by atoms with Crippen LogP contribution in [0.2, 0.25) is 0 Å². The number of nitrogens with one attached hydrogen (secondary N) is 2. The molecule has 1 aromatic heterocycles. The van der Waals surface area contributed by atoms with Gasteiger partial charge in [0.15, 0.2) is 0 Å². The molecule has 126 valence electrons. The summed E-state index contributed by atoms with van der Waals surface area (Å²) in [6.45, 7) is 6.04. The van der Waals surface area contributed by atoms with Crippen molar-refractivity contribution in [2.45, 2.75) is 27.2 Å². The Morgan fingerprint density at radius 3 is 2.76 bits per heavy atom. The first-order valence-corrected chi connectivity index (χ1v) is 8.50. The first-order valence-electron chi connectivity index (χ1n) is 8.50. The lowest BCUT2D eigenvalue weighted by Gasteiger charge is -2.30. The average Bonchev–Trinajstić information content (AvgIpc) is 2.56. The van der Waals surface area contributed by atoms with Gasteiger partial charge in [0.25, 0.3) is 0 Å². The number of aromatic nitrogens is 1. The molecule has 0 atom stereocenters. The third kappa shape index (κ3) is 2.84. The molecule has 4 heteroatoms. The summed E-state index contributed by atoms with van der Waals surface area (Å²) in [5.41, 5.74) is 4.82. The molecule has 0 fully saturated rings. The highest BCUT2D eigenvalue weighted by Crippen LogP contribution is 2.35. The number of anilines is 3. The van der Waals surface area contributed by atoms with Crippen molar-refractivity contribution in [2.24, 2.45) is 5.41 Å². The van der Waals surface area contributed by atoms with Crippen LogP contribution >= 0.6 is 0 Å². The van der Waals surface area contributed by atoms with Crippen LogP contribution in [0.4, 0.5) is 17.2 Å². The number of nitrogens with zero attached hydrogens (tertiary/aromatic N) is 1. The van der Waals surface area contributed by atoms with Crippen LogP contribution in [0.3, 0.4) is 0 Å². The highest BCUT2D eigenvalue weighted by molar-refractivity contribution is 5.98. The minimum Gasteiger partial charge on any atom is -0.340 e. The van der Waals surface area contributed by atoms with Crippen LogP contribution in [0, 0.1) is 12.3 Å². The van der Waals surface area contributed by atoms with Gasteiger partial charge in [-0.15, -0.1) is 0 Å². The minimum atomic E-state index is -0.386. The molecule has 0 saturated heterocycles. The van der Waals surface area contributed by atoms with E-state index in [2.05, 4.69) is 35.8 Å². The smallest absolute Gasteiger partial charge is 0.230 e. The van der Waals surface area contributed by atoms with E-state index < -0.39 is 0 Å². The maximum Gasteiger partial charge on any atom is 0.230 e. The largest absolute Gasteiger partial charge is 0.340 e. The molecule has 1 aliphatic rings. The number of para-hydroxylation sites is 1. The lowest BCUT2D eigenvalue weighted by molar-refractivity contribution is -0.124. The van der Waals surface area contributed by atoms with Gasteiger partial charge >= 0.3 is 0 Å². The third-order valence-electron chi connectivity index (χ3n) is 4.80. The lowest BCUT2D eigenvalue weighted by atomic mass is 9.81. The van der Waals surface area contributed by atoms with Crippen LogP contribution < -0.4 is 10.6 Å². The SMILES string of the molecule is Cc1cc(Nc2ccc3c(c2)CC(C)(C)C(=O)N3)nc2ccccc12. The Bertz CT molecular complexity index is 992. The van der Waals surface area contributed by atoms with E-state index in [1.165, 1.54) is 10.9 Å². The van der Waals surface area contributed by atoms with Crippen molar-refractivity contribution in [3.05, 3.63) is 59.7 Å². The summed E-state index contributed by atoms with van der Waals surface area (Å²) in [6, 6.07) is 16.2. The van der Waals surface area contributed by atoms with Crippen molar-refractivity contribution in [3.8, 4) is 0 Å². The molecule has 0 radical (unpaired) electrons. The molecular weight excluding hydrogens is 310 g/mol. The van der Waals surface area contributed by atoms with Gasteiger partial charge in [0.2, 0.25) is 5.91 Å². The van der Waals surface area contributed by atoms with Gasteiger partial charge in [-0.1, -0.05) is 32.0 Å². The van der Waals surface area contributed by atoms with Gasteiger partial charge in [0, 0.05) is 22.2 Å². The fraction of sp³-hybridized carbons (Fsp3) is 0.238. The summed E-state index contributed by atoms with van der Waals surface area (Å²) in [5, 5.41) is 7.56. The number of carbonyl (C=O) groups is 1. The zero-order chi connectivity index (χ0) is 17.6. The van der Waals surface area contributed by atoms with E-state index in [0.29, 0.717) is 0 Å². The van der Waals surface area contributed by atoms with Gasteiger partial charge < -0.3 is 10.6 Å². The molecule has 2 N–H and O–H groups in total. The van der Waals surface area contributed by atoms with E-state index in [-0.39, 0.29) is 11.3 Å². The molecule has 0 saturated carbocycles. The monoisotopic (exact) mass is 331 g/mol. The number of aryl methyl sites for hydroxylation is 1. The first-order chi connectivity index (χ1) is 11.9. The predicted molar refractivity (Wildman–Crippen MR) is 102 cm³/mol. The number of carbonyl (C=O) groups excluding carboxylic acids is 1. The topological polar surface area (TPSA) is 54.0 Å². The Morgan fingerprint density at radius 1 is 1.12 bits per heavy atom. The molecule has 4 rings (SSSR count). The minimum absolute atomic E-state index is 0.0764. The van der Waals surface area contributed by atoms with E-state index in [4.69, 9.17) is 4.98 Å². The van der Waals surface area contributed by atoms with Crippen molar-refractivity contribution < 1.29 is 4.79 Å². The number of rotatable bonds is 2. The summed E-state index contributed by atoms with van der Waals surface area (Å²) < 4.78 is 0. The molecular formula is C21H21N3O. The van der Waals surface area contributed by atoms with Gasteiger partial charge in [-0.3, -0.25) is 4.79 Å². The molecule has 0 bridgehead atoms. The number of hydrogen-bond acceptors (Lipinski definition) is 3. The second-order valence-electron chi connectivity index (χ2n) is 7.35. The van der Waals surface area contributed by atoms with E-state index in [0.717, 1.165) is 34.7 Å². The molecule has 3 aromatic rings. The normalized spacial score (nSPS) is 15.6. The van der Waals surface area contributed by atoms with Crippen molar-refractivity contribution in [1.29, 1.82) is 0 Å². The highest BCUT2D eigenvalue weighted by atomic mass is 16.2. The summed E-state index contributed by atoms with van der Waals surface area (Å²) >= 11 is 0. The van der Waals surface area contributed by atoms with Crippen molar-refractivity contribution >= 4 is 34.0 Å². The maximum absolute atomic E-state index is 12.1. The van der Waals surface area contributed by atoms with Crippen LogP contribution in [0.1, 0.15) is 25.0 Å². The van der Waals surface area contributed by atoms with Gasteiger partial charge in [-0.25, -0.2) is 4.98 Å². The number of benzene rings is 2. The quantitative estimate of drug-likeness (QED) is 0.708. The Kier molecular flexibility index (Phi) is 3.49. The van der Waals surface area contributed by atoms with Crippen molar-refractivity contribution in [1.82, 2.24) is 4.98 Å². The number of amides is 1. The molecule has 0 aliphatic carbocycles. The highest BCUT2D eigenvalue weighted by Gasteiger charge is 2.33. The van der Waals surface area contributed by atoms with E-state index in [1.807, 2.05) is 44.2 Å². The predicted octanol–water partition coefficient (Wildman–Crippen LogP) is 4.81. The van der Waals surface area contributed by atoms with E-state index in [9.17, 15) is 4.79 Å². The fourth-order valence-electron chi connectivity index (χ4n) is 3.35. The van der Waals surface area contributed by atoms with Gasteiger partial charge in [-0.2, -0.15) is 0 Å². The van der Waals surface area contributed by atoms with Gasteiger partial charge in [0.1, 0.15) is 5.82 Å². The Hall–Kier alpha value is -2.88. The van der Waals surface area contributed by atoms with Gasteiger partial charge in [-0.05, 0) is 54.8 Å². The summed E-state index contributed by atoms with van der Waals surface area (Å²) in [7, 11) is 0. The molecule has 1 aliphatic heterocycles. The Morgan fingerprint density at radius 2 is 1.92 bits per heavy atom. The fourth-order valence-corrected chi connectivity index (χ4v) is 3.35. The van der Waals surface area contributed by atoms with Crippen molar-refractivity contribution in [3.63, 3.8) is 0 Å².